The number of nitrogens with zero attached hydrogens (tertiary/aromatic N) is 1. The SMILES string of the molecule is Cc1cc(NC(=O)c2c(C)cc(C)[nH]c2=O)n[nH]1. The van der Waals surface area contributed by atoms with E-state index < -0.39 is 11.5 Å². The zero-order valence-electron chi connectivity index (χ0n) is 10.4. The molecular weight excluding hydrogens is 232 g/mol. The Morgan fingerprint density at radius 2 is 1.94 bits per heavy atom. The van der Waals surface area contributed by atoms with Crippen LogP contribution in [-0.2, 0) is 0 Å². The Balaban J connectivity index is 2.32. The van der Waals surface area contributed by atoms with Gasteiger partial charge in [-0.2, -0.15) is 5.10 Å². The quantitative estimate of drug-likeness (QED) is 0.745. The summed E-state index contributed by atoms with van der Waals surface area (Å²) in [6, 6.07) is 3.45. The first kappa shape index (κ1) is 12.1. The smallest absolute Gasteiger partial charge is 0.262 e. The molecule has 2 rings (SSSR count). The molecule has 1 amide bonds. The third-order valence-electron chi connectivity index (χ3n) is 2.54. The first-order chi connectivity index (χ1) is 8.47. The van der Waals surface area contributed by atoms with Crippen molar-refractivity contribution in [1.29, 1.82) is 0 Å². The Labute approximate surface area is 103 Å². The Morgan fingerprint density at radius 3 is 2.50 bits per heavy atom. The highest BCUT2D eigenvalue weighted by Gasteiger charge is 2.15. The molecule has 0 unspecified atom stereocenters. The summed E-state index contributed by atoms with van der Waals surface area (Å²) in [4.78, 5) is 26.4. The molecule has 0 saturated carbocycles. The maximum absolute atomic E-state index is 12.0. The predicted octanol–water partition coefficient (Wildman–Crippen LogP) is 1.28. The molecule has 2 aromatic heterocycles. The van der Waals surface area contributed by atoms with Crippen LogP contribution in [0, 0.1) is 20.8 Å². The van der Waals surface area contributed by atoms with Crippen molar-refractivity contribution in [3.63, 3.8) is 0 Å². The molecule has 2 aromatic rings. The fourth-order valence-electron chi connectivity index (χ4n) is 1.80. The summed E-state index contributed by atoms with van der Waals surface area (Å²) in [5.41, 5.74) is 1.92. The zero-order valence-corrected chi connectivity index (χ0v) is 10.4. The maximum atomic E-state index is 12.0. The third kappa shape index (κ3) is 2.32. The topological polar surface area (TPSA) is 90.6 Å². The van der Waals surface area contributed by atoms with Crippen molar-refractivity contribution in [1.82, 2.24) is 15.2 Å². The van der Waals surface area contributed by atoms with E-state index in [1.165, 1.54) is 0 Å². The van der Waals surface area contributed by atoms with Crippen LogP contribution in [0.25, 0.3) is 0 Å². The van der Waals surface area contributed by atoms with Crippen LogP contribution in [0.5, 0.6) is 0 Å². The van der Waals surface area contributed by atoms with Crippen LogP contribution in [-0.4, -0.2) is 21.1 Å². The van der Waals surface area contributed by atoms with E-state index in [4.69, 9.17) is 0 Å². The molecule has 0 saturated heterocycles. The predicted molar refractivity (Wildman–Crippen MR) is 67.8 cm³/mol. The van der Waals surface area contributed by atoms with Crippen LogP contribution in [0.2, 0.25) is 0 Å². The average molecular weight is 246 g/mol. The highest BCUT2D eigenvalue weighted by molar-refractivity contribution is 6.04. The number of H-pyrrole nitrogens is 2. The number of carbonyl (C=O) groups is 1. The second-order valence-corrected chi connectivity index (χ2v) is 4.23. The van der Waals surface area contributed by atoms with Gasteiger partial charge in [0.2, 0.25) is 0 Å². The molecule has 0 fully saturated rings. The Morgan fingerprint density at radius 1 is 1.22 bits per heavy atom. The van der Waals surface area contributed by atoms with E-state index in [2.05, 4.69) is 20.5 Å². The lowest BCUT2D eigenvalue weighted by molar-refractivity contribution is 0.102. The van der Waals surface area contributed by atoms with E-state index in [1.54, 1.807) is 26.0 Å². The van der Waals surface area contributed by atoms with Crippen LogP contribution in [0.1, 0.15) is 27.3 Å². The van der Waals surface area contributed by atoms with Crippen molar-refractivity contribution >= 4 is 11.7 Å². The Bertz CT molecular complexity index is 654. The second-order valence-electron chi connectivity index (χ2n) is 4.23. The van der Waals surface area contributed by atoms with Gasteiger partial charge in [-0.05, 0) is 32.4 Å². The fourth-order valence-corrected chi connectivity index (χ4v) is 1.80. The highest BCUT2D eigenvalue weighted by Crippen LogP contribution is 2.08. The summed E-state index contributed by atoms with van der Waals surface area (Å²) in [7, 11) is 0. The minimum absolute atomic E-state index is 0.112. The van der Waals surface area contributed by atoms with Crippen molar-refractivity contribution in [2.75, 3.05) is 5.32 Å². The van der Waals surface area contributed by atoms with Crippen LogP contribution in [0.3, 0.4) is 0 Å². The summed E-state index contributed by atoms with van der Waals surface area (Å²) < 4.78 is 0. The summed E-state index contributed by atoms with van der Waals surface area (Å²) in [6.45, 7) is 5.33. The van der Waals surface area contributed by atoms with E-state index in [9.17, 15) is 9.59 Å². The molecule has 0 aliphatic heterocycles. The normalized spacial score (nSPS) is 10.4. The molecule has 0 bridgehead atoms. The number of nitrogens with one attached hydrogen (secondary N) is 3. The van der Waals surface area contributed by atoms with E-state index in [0.29, 0.717) is 11.4 Å². The molecule has 0 radical (unpaired) electrons. The standard InChI is InChI=1S/C12H14N4O2/c1-6-4-7(2)13-11(17)10(6)12(18)14-9-5-8(3)15-16-9/h4-5H,1-3H3,(H,13,17)(H2,14,15,16,18). The number of pyridine rings is 1. The number of hydrogen-bond acceptors (Lipinski definition) is 3. The number of hydrogen-bond donors (Lipinski definition) is 3. The molecule has 0 aliphatic rings. The third-order valence-corrected chi connectivity index (χ3v) is 2.54. The number of aromatic amines is 2. The molecule has 0 spiro atoms. The largest absolute Gasteiger partial charge is 0.326 e. The van der Waals surface area contributed by atoms with Gasteiger partial charge in [-0.1, -0.05) is 0 Å². The van der Waals surface area contributed by atoms with Gasteiger partial charge < -0.3 is 10.3 Å². The second kappa shape index (κ2) is 4.48. The van der Waals surface area contributed by atoms with Gasteiger partial charge in [0.25, 0.3) is 11.5 Å². The summed E-state index contributed by atoms with van der Waals surface area (Å²) in [6.07, 6.45) is 0. The van der Waals surface area contributed by atoms with Crippen molar-refractivity contribution in [3.05, 3.63) is 45.0 Å². The monoisotopic (exact) mass is 246 g/mol. The van der Waals surface area contributed by atoms with Gasteiger partial charge in [0.1, 0.15) is 5.56 Å². The number of aryl methyl sites for hydroxylation is 3. The number of amides is 1. The van der Waals surface area contributed by atoms with E-state index in [-0.39, 0.29) is 5.56 Å². The molecule has 0 aromatic carbocycles. The van der Waals surface area contributed by atoms with Crippen molar-refractivity contribution in [2.45, 2.75) is 20.8 Å². The molecule has 6 nitrogen and oxygen atoms in total. The summed E-state index contributed by atoms with van der Waals surface area (Å²) in [5.74, 6) is -0.0582. The van der Waals surface area contributed by atoms with Crippen LogP contribution >= 0.6 is 0 Å². The van der Waals surface area contributed by atoms with Crippen molar-refractivity contribution < 1.29 is 4.79 Å². The van der Waals surface area contributed by atoms with Crippen LogP contribution < -0.4 is 10.9 Å². The molecule has 94 valence electrons. The first-order valence-corrected chi connectivity index (χ1v) is 5.51. The maximum Gasteiger partial charge on any atom is 0.262 e. The highest BCUT2D eigenvalue weighted by atomic mass is 16.2. The van der Waals surface area contributed by atoms with Gasteiger partial charge in [-0.3, -0.25) is 14.7 Å². The van der Waals surface area contributed by atoms with Gasteiger partial charge in [0.15, 0.2) is 5.82 Å². The average Bonchev–Trinajstić information content (AvgIpc) is 2.62. The molecule has 6 heteroatoms. The zero-order chi connectivity index (χ0) is 13.3. The first-order valence-electron chi connectivity index (χ1n) is 5.51. The van der Waals surface area contributed by atoms with Crippen molar-refractivity contribution in [2.24, 2.45) is 0 Å². The number of rotatable bonds is 2. The summed E-state index contributed by atoms with van der Waals surface area (Å²) >= 11 is 0. The Kier molecular flexibility index (Phi) is 3.01. The number of anilines is 1. The lowest BCUT2D eigenvalue weighted by Gasteiger charge is -2.05. The van der Waals surface area contributed by atoms with Crippen molar-refractivity contribution in [3.8, 4) is 0 Å². The van der Waals surface area contributed by atoms with Gasteiger partial charge >= 0.3 is 0 Å². The Hall–Kier alpha value is -2.37. The lowest BCUT2D eigenvalue weighted by Crippen LogP contribution is -2.25. The van der Waals surface area contributed by atoms with E-state index in [0.717, 1.165) is 11.4 Å². The molecular formula is C12H14N4O2. The van der Waals surface area contributed by atoms with Gasteiger partial charge in [0.05, 0.1) is 0 Å². The minimum Gasteiger partial charge on any atom is -0.326 e. The number of aromatic nitrogens is 3. The van der Waals surface area contributed by atoms with Crippen LogP contribution in [0.4, 0.5) is 5.82 Å². The van der Waals surface area contributed by atoms with E-state index >= 15 is 0 Å². The van der Waals surface area contributed by atoms with Gasteiger partial charge in [-0.15, -0.1) is 0 Å². The minimum atomic E-state index is -0.458. The molecule has 3 N–H and O–H groups in total. The fraction of sp³-hybridized carbons (Fsp3) is 0.250. The van der Waals surface area contributed by atoms with Gasteiger partial charge in [0, 0.05) is 17.5 Å². The molecule has 18 heavy (non-hydrogen) atoms. The molecule has 2 heterocycles. The van der Waals surface area contributed by atoms with Crippen LogP contribution in [0.15, 0.2) is 16.9 Å². The molecule has 0 aliphatic carbocycles. The molecule has 0 atom stereocenters. The lowest BCUT2D eigenvalue weighted by atomic mass is 10.1. The summed E-state index contributed by atoms with van der Waals surface area (Å²) in [5, 5.41) is 9.18. The van der Waals surface area contributed by atoms with E-state index in [1.807, 2.05) is 6.92 Å². The number of carbonyl (C=O) groups excluding carboxylic acids is 1. The van der Waals surface area contributed by atoms with Gasteiger partial charge in [-0.25, -0.2) is 0 Å².